The van der Waals surface area contributed by atoms with Gasteiger partial charge in [0.2, 0.25) is 0 Å². The monoisotopic (exact) mass is 593 g/mol. The summed E-state index contributed by atoms with van der Waals surface area (Å²) in [5, 5.41) is 4.75. The van der Waals surface area contributed by atoms with Gasteiger partial charge in [-0.2, -0.15) is 0 Å². The van der Waals surface area contributed by atoms with Crippen LogP contribution in [0.4, 0.5) is 0 Å². The molecule has 4 unspecified atom stereocenters. The standard InChI is InChI=1S/C27H36Cl2NO2.In.2H/c1-5-6-7-25(32-4)16-19(2)17-27(31)30-20(3)26(22-10-14-24(29)15-11-22)18-21-8-12-23(28)13-9-21;;;/h8-15,19-20,25-26H,2,5-7,16-18H2,1,3-4H3,(H,30,31);;;. The van der Waals surface area contributed by atoms with Crippen molar-refractivity contribution in [1.29, 1.82) is 0 Å². The fourth-order valence-electron chi connectivity index (χ4n) is 4.37. The maximum absolute atomic E-state index is 13.0. The van der Waals surface area contributed by atoms with Crippen LogP contribution in [-0.4, -0.2) is 49.5 Å². The first-order valence-electron chi connectivity index (χ1n) is 12.2. The Morgan fingerprint density at radius 1 is 1.06 bits per heavy atom. The molecule has 0 spiro atoms. The Kier molecular flexibility index (Phi) is 13.3. The molecule has 0 radical (unpaired) electrons. The Balaban J connectivity index is 2.06. The predicted octanol–water partition coefficient (Wildman–Crippen LogP) is 6.48. The van der Waals surface area contributed by atoms with E-state index in [1.165, 1.54) is 28.1 Å². The van der Waals surface area contributed by atoms with Crippen LogP contribution in [0.1, 0.15) is 63.0 Å². The Morgan fingerprint density at radius 3 is 2.21 bits per heavy atom. The molecule has 2 aromatic carbocycles. The summed E-state index contributed by atoms with van der Waals surface area (Å²) in [4.78, 5) is 13.0. The van der Waals surface area contributed by atoms with Crippen LogP contribution >= 0.6 is 23.2 Å². The molecule has 0 saturated heterocycles. The van der Waals surface area contributed by atoms with E-state index in [1.807, 2.05) is 24.3 Å². The molecule has 2 rings (SSSR count). The predicted molar refractivity (Wildman–Crippen MR) is 143 cm³/mol. The molecule has 180 valence electrons. The molecule has 2 aromatic rings. The van der Waals surface area contributed by atoms with Crippen molar-refractivity contribution < 1.29 is 9.53 Å². The molecule has 4 atom stereocenters. The second-order valence-corrected chi connectivity index (χ2v) is 12.3. The summed E-state index contributed by atoms with van der Waals surface area (Å²) in [7, 11) is 1.80. The summed E-state index contributed by atoms with van der Waals surface area (Å²) in [6.45, 7) is 4.31. The molecule has 0 aliphatic heterocycles. The first kappa shape index (κ1) is 28.6. The Morgan fingerprint density at radius 2 is 1.67 bits per heavy atom. The zero-order valence-corrected chi connectivity index (χ0v) is 27.7. The molecule has 1 amide bonds. The first-order chi connectivity index (χ1) is 15.9. The minimum atomic E-state index is -0.00584. The number of carbonyl (C=O) groups is 1. The number of amides is 1. The molecule has 6 heteroatoms. The number of benzene rings is 2. The van der Waals surface area contributed by atoms with Gasteiger partial charge in [0.15, 0.2) is 0 Å². The molecule has 0 fully saturated rings. The normalized spacial score (nSPS) is 14.9. The Bertz CT molecular complexity index is 829. The molecule has 0 aliphatic carbocycles. The number of rotatable bonds is 14. The summed E-state index contributed by atoms with van der Waals surface area (Å²) in [6, 6.07) is 15.9. The van der Waals surface area contributed by atoms with Gasteiger partial charge in [0.1, 0.15) is 0 Å². The number of halogens is 2. The van der Waals surface area contributed by atoms with Gasteiger partial charge in [-0.05, 0) is 0 Å². The number of hydrogen-bond acceptors (Lipinski definition) is 2. The van der Waals surface area contributed by atoms with Crippen molar-refractivity contribution in [2.45, 2.75) is 74.6 Å². The van der Waals surface area contributed by atoms with E-state index < -0.39 is 0 Å². The quantitative estimate of drug-likeness (QED) is 0.272. The molecular weight excluding hydrogens is 556 g/mol. The zero-order valence-electron chi connectivity index (χ0n) is 20.5. The second-order valence-electron chi connectivity index (χ2n) is 9.06. The molecule has 0 aliphatic rings. The third-order valence-corrected chi connectivity index (χ3v) is 10.3. The number of nitrogens with one attached hydrogen (secondary N) is 1. The molecule has 1 N–H and O–H groups in total. The molecule has 0 aromatic heterocycles. The average molecular weight is 594 g/mol. The van der Waals surface area contributed by atoms with Gasteiger partial charge in [0.25, 0.3) is 0 Å². The van der Waals surface area contributed by atoms with Gasteiger partial charge in [0, 0.05) is 0 Å². The summed E-state index contributed by atoms with van der Waals surface area (Å²) in [5.41, 5.74) is 2.37. The van der Waals surface area contributed by atoms with Gasteiger partial charge in [-0.25, -0.2) is 0 Å². The van der Waals surface area contributed by atoms with Gasteiger partial charge >= 0.3 is 214 Å². The molecular formula is C27H38Cl2InNO2. The van der Waals surface area contributed by atoms with Gasteiger partial charge in [-0.3, -0.25) is 0 Å². The minimum absolute atomic E-state index is 0.00584. The number of hydrogen-bond donors (Lipinski definition) is 1. The number of carbonyl (C=O) groups excluding carboxylic acids is 1. The fraction of sp³-hybridized carbons (Fsp3) is 0.519. The Labute approximate surface area is 224 Å². The first-order valence-corrected chi connectivity index (χ1v) is 17.0. The Hall–Kier alpha value is -0.680. The second kappa shape index (κ2) is 15.3. The van der Waals surface area contributed by atoms with Crippen LogP contribution in [-0.2, 0) is 16.0 Å². The summed E-state index contributed by atoms with van der Waals surface area (Å²) in [5.74, 6) is 0.698. The maximum atomic E-state index is 13.0. The van der Waals surface area contributed by atoms with E-state index in [9.17, 15) is 4.79 Å². The fourth-order valence-corrected chi connectivity index (χ4v) is 6.40. The van der Waals surface area contributed by atoms with Gasteiger partial charge < -0.3 is 0 Å². The summed E-state index contributed by atoms with van der Waals surface area (Å²) < 4.78 is 6.88. The van der Waals surface area contributed by atoms with E-state index in [1.54, 1.807) is 7.11 Å². The van der Waals surface area contributed by atoms with E-state index >= 15 is 0 Å². The van der Waals surface area contributed by atoms with Crippen LogP contribution in [0.15, 0.2) is 48.5 Å². The van der Waals surface area contributed by atoms with E-state index in [2.05, 4.69) is 43.4 Å². The third kappa shape index (κ3) is 10.2. The van der Waals surface area contributed by atoms with Crippen molar-refractivity contribution in [1.82, 2.24) is 5.32 Å². The van der Waals surface area contributed by atoms with E-state index in [0.29, 0.717) is 41.7 Å². The van der Waals surface area contributed by atoms with E-state index in [4.69, 9.17) is 27.9 Å². The van der Waals surface area contributed by atoms with Crippen molar-refractivity contribution in [3.05, 3.63) is 69.7 Å². The number of methoxy groups -OCH3 is 1. The third-order valence-electron chi connectivity index (χ3n) is 6.52. The van der Waals surface area contributed by atoms with Crippen LogP contribution in [0.25, 0.3) is 0 Å². The summed E-state index contributed by atoms with van der Waals surface area (Å²) in [6.07, 6.45) is 6.07. The van der Waals surface area contributed by atoms with Crippen molar-refractivity contribution in [2.24, 2.45) is 5.92 Å². The zero-order chi connectivity index (χ0) is 24.2. The van der Waals surface area contributed by atoms with Crippen LogP contribution in [0.3, 0.4) is 0 Å². The average Bonchev–Trinajstić information content (AvgIpc) is 2.81. The van der Waals surface area contributed by atoms with E-state index in [0.717, 1.165) is 24.3 Å². The molecule has 3 nitrogen and oxygen atoms in total. The van der Waals surface area contributed by atoms with Crippen molar-refractivity contribution in [2.75, 3.05) is 7.11 Å². The number of ether oxygens (including phenoxy) is 1. The van der Waals surface area contributed by atoms with Crippen LogP contribution in [0, 0.1) is 5.92 Å². The van der Waals surface area contributed by atoms with Crippen molar-refractivity contribution >= 4 is 53.5 Å². The van der Waals surface area contributed by atoms with Crippen molar-refractivity contribution in [3.8, 4) is 0 Å². The van der Waals surface area contributed by atoms with E-state index in [-0.39, 0.29) is 24.0 Å². The SMILES string of the molecule is CCCCC(CC([CH2][InH2])CC(=O)NC(C)C(Cc1ccc(Cl)cc1)c1ccc(Cl)cc1)OC. The van der Waals surface area contributed by atoms with Gasteiger partial charge in [0.05, 0.1) is 0 Å². The number of unbranched alkanes of at least 4 members (excludes halogenated alkanes) is 1. The van der Waals surface area contributed by atoms with Gasteiger partial charge in [-0.1, -0.05) is 11.6 Å². The topological polar surface area (TPSA) is 38.3 Å². The molecule has 0 saturated carbocycles. The van der Waals surface area contributed by atoms with Crippen LogP contribution in [0.5, 0.6) is 0 Å². The van der Waals surface area contributed by atoms with Gasteiger partial charge in [-0.15, -0.1) is 0 Å². The molecule has 0 heterocycles. The molecule has 0 bridgehead atoms. The van der Waals surface area contributed by atoms with Crippen LogP contribution < -0.4 is 5.32 Å². The molecule has 33 heavy (non-hydrogen) atoms. The van der Waals surface area contributed by atoms with Crippen LogP contribution in [0.2, 0.25) is 14.2 Å². The summed E-state index contributed by atoms with van der Waals surface area (Å²) >= 11 is 12.7. The van der Waals surface area contributed by atoms with Crippen molar-refractivity contribution in [3.63, 3.8) is 0 Å².